The predicted octanol–water partition coefficient (Wildman–Crippen LogP) is 4.77. The van der Waals surface area contributed by atoms with E-state index in [1.807, 2.05) is 6.07 Å². The molecule has 2 amide bonds. The van der Waals surface area contributed by atoms with E-state index in [9.17, 15) is 18.4 Å². The molecule has 7 nitrogen and oxygen atoms in total. The third-order valence-electron chi connectivity index (χ3n) is 7.12. The van der Waals surface area contributed by atoms with Crippen LogP contribution in [0.4, 0.5) is 8.78 Å². The minimum absolute atomic E-state index is 0.121. The number of hydrazone groups is 1. The van der Waals surface area contributed by atoms with Crippen LogP contribution in [0.25, 0.3) is 0 Å². The van der Waals surface area contributed by atoms with E-state index in [1.165, 1.54) is 34.2 Å². The molecule has 208 valence electrons. The molecule has 0 radical (unpaired) electrons. The summed E-state index contributed by atoms with van der Waals surface area (Å²) in [5.41, 5.74) is 1.37. The van der Waals surface area contributed by atoms with E-state index in [4.69, 9.17) is 16.3 Å². The molecular weight excluding hydrogens is 538 g/mol. The molecule has 1 saturated heterocycles. The Balaban J connectivity index is 1.44. The number of morpholine rings is 1. The normalized spacial score (nSPS) is 17.5. The minimum atomic E-state index is -0.732. The highest BCUT2D eigenvalue weighted by Crippen LogP contribution is 2.35. The Hall–Kier alpha value is -3.66. The Morgan fingerprint density at radius 2 is 1.62 bits per heavy atom. The predicted molar refractivity (Wildman–Crippen MR) is 148 cm³/mol. The largest absolute Gasteiger partial charge is 0.379 e. The third kappa shape index (κ3) is 6.22. The van der Waals surface area contributed by atoms with Crippen molar-refractivity contribution in [3.05, 3.63) is 106 Å². The molecule has 10 heteroatoms. The molecule has 0 saturated carbocycles. The van der Waals surface area contributed by atoms with Crippen molar-refractivity contribution in [2.45, 2.75) is 12.5 Å². The number of hydrogen-bond donors (Lipinski definition) is 0. The quantitative estimate of drug-likeness (QED) is 0.394. The van der Waals surface area contributed by atoms with Gasteiger partial charge in [0.2, 0.25) is 0 Å². The Morgan fingerprint density at radius 1 is 0.950 bits per heavy atom. The standard InChI is InChI=1S/C30H29ClF2N4O3/c31-24-10-4-1-7-21(24)27-19-28(22-8-2-5-11-25(22)32)37(34-27)29(38)20-36(14-13-35-15-17-40-18-16-35)30(39)23-9-3-6-12-26(23)33/h1-12,28H,13-20H2. The summed E-state index contributed by atoms with van der Waals surface area (Å²) < 4.78 is 34.9. The fourth-order valence-corrected chi connectivity index (χ4v) is 5.21. The first-order valence-electron chi connectivity index (χ1n) is 13.1. The van der Waals surface area contributed by atoms with Crippen molar-refractivity contribution in [2.75, 3.05) is 45.9 Å². The first-order chi connectivity index (χ1) is 19.4. The maximum atomic E-state index is 14.9. The van der Waals surface area contributed by atoms with Crippen molar-refractivity contribution in [2.24, 2.45) is 5.10 Å². The van der Waals surface area contributed by atoms with E-state index in [0.717, 1.165) is 0 Å². The van der Waals surface area contributed by atoms with Crippen LogP contribution in [0.1, 0.15) is 33.9 Å². The van der Waals surface area contributed by atoms with E-state index in [-0.39, 0.29) is 25.1 Å². The smallest absolute Gasteiger partial charge is 0.262 e. The number of amides is 2. The second-order valence-electron chi connectivity index (χ2n) is 9.67. The fourth-order valence-electron chi connectivity index (χ4n) is 4.97. The Kier molecular flexibility index (Phi) is 8.84. The van der Waals surface area contributed by atoms with Gasteiger partial charge in [0.1, 0.15) is 18.2 Å². The lowest BCUT2D eigenvalue weighted by Gasteiger charge is -2.31. The van der Waals surface area contributed by atoms with Crippen LogP contribution in [0.3, 0.4) is 0 Å². The second-order valence-corrected chi connectivity index (χ2v) is 10.1. The number of benzene rings is 3. The van der Waals surface area contributed by atoms with E-state index < -0.39 is 29.5 Å². The summed E-state index contributed by atoms with van der Waals surface area (Å²) in [6.45, 7) is 2.88. The molecule has 0 aliphatic carbocycles. The SMILES string of the molecule is O=C(c1ccccc1F)N(CCN1CCOCC1)CC(=O)N1N=C(c2ccccc2Cl)CC1c1ccccc1F. The van der Waals surface area contributed by atoms with Crippen LogP contribution in [0.15, 0.2) is 77.9 Å². The molecule has 3 aromatic carbocycles. The zero-order valence-electron chi connectivity index (χ0n) is 21.8. The van der Waals surface area contributed by atoms with Crippen molar-refractivity contribution in [1.29, 1.82) is 0 Å². The molecule has 1 atom stereocenters. The highest BCUT2D eigenvalue weighted by molar-refractivity contribution is 6.34. The van der Waals surface area contributed by atoms with Crippen LogP contribution in [-0.4, -0.2) is 78.3 Å². The maximum absolute atomic E-state index is 14.9. The van der Waals surface area contributed by atoms with E-state index in [0.29, 0.717) is 54.7 Å². The number of carbonyl (C=O) groups excluding carboxylic acids is 2. The minimum Gasteiger partial charge on any atom is -0.379 e. The number of halogens is 3. The lowest BCUT2D eigenvalue weighted by atomic mass is 9.98. The molecule has 5 rings (SSSR count). The maximum Gasteiger partial charge on any atom is 0.262 e. The molecule has 0 aromatic heterocycles. The van der Waals surface area contributed by atoms with Crippen molar-refractivity contribution in [3.63, 3.8) is 0 Å². The highest BCUT2D eigenvalue weighted by atomic mass is 35.5. The van der Waals surface area contributed by atoms with Gasteiger partial charge in [0.25, 0.3) is 11.8 Å². The molecule has 1 unspecified atom stereocenters. The summed E-state index contributed by atoms with van der Waals surface area (Å²) in [5.74, 6) is -2.24. The van der Waals surface area contributed by atoms with Gasteiger partial charge in [-0.05, 0) is 24.3 Å². The molecule has 3 aromatic rings. The molecule has 1 fully saturated rings. The first kappa shape index (κ1) is 27.9. The average Bonchev–Trinajstić information content (AvgIpc) is 3.41. The van der Waals surface area contributed by atoms with Crippen LogP contribution in [-0.2, 0) is 9.53 Å². The van der Waals surface area contributed by atoms with Crippen molar-refractivity contribution >= 4 is 29.1 Å². The number of carbonyl (C=O) groups is 2. The summed E-state index contributed by atoms with van der Waals surface area (Å²) in [6.07, 6.45) is 0.242. The lowest BCUT2D eigenvalue weighted by Crippen LogP contribution is -2.46. The lowest BCUT2D eigenvalue weighted by molar-refractivity contribution is -0.133. The zero-order chi connectivity index (χ0) is 28.1. The van der Waals surface area contributed by atoms with Crippen LogP contribution in [0.2, 0.25) is 5.02 Å². The van der Waals surface area contributed by atoms with Gasteiger partial charge in [0.15, 0.2) is 0 Å². The Labute approximate surface area is 236 Å². The fraction of sp³-hybridized carbons (Fsp3) is 0.300. The van der Waals surface area contributed by atoms with Gasteiger partial charge in [0.05, 0.1) is 30.5 Å². The number of nitrogens with zero attached hydrogens (tertiary/aromatic N) is 4. The molecule has 40 heavy (non-hydrogen) atoms. The van der Waals surface area contributed by atoms with E-state index in [2.05, 4.69) is 10.0 Å². The Bertz CT molecular complexity index is 1410. The molecule has 0 N–H and O–H groups in total. The number of rotatable bonds is 8. The highest BCUT2D eigenvalue weighted by Gasteiger charge is 2.36. The van der Waals surface area contributed by atoms with Crippen molar-refractivity contribution < 1.29 is 23.1 Å². The average molecular weight is 567 g/mol. The van der Waals surface area contributed by atoms with E-state index >= 15 is 0 Å². The van der Waals surface area contributed by atoms with Crippen LogP contribution in [0.5, 0.6) is 0 Å². The molecule has 2 aliphatic heterocycles. The first-order valence-corrected chi connectivity index (χ1v) is 13.5. The molecule has 2 heterocycles. The van der Waals surface area contributed by atoms with Gasteiger partial charge in [-0.1, -0.05) is 60.1 Å². The Morgan fingerprint density at radius 3 is 2.35 bits per heavy atom. The zero-order valence-corrected chi connectivity index (χ0v) is 22.6. The van der Waals surface area contributed by atoms with Crippen LogP contribution in [0, 0.1) is 11.6 Å². The topological polar surface area (TPSA) is 65.5 Å². The summed E-state index contributed by atoms with van der Waals surface area (Å²) >= 11 is 6.42. The monoisotopic (exact) mass is 566 g/mol. The molecule has 0 bridgehead atoms. The summed E-state index contributed by atoms with van der Waals surface area (Å²) in [4.78, 5) is 30.8. The molecule has 2 aliphatic rings. The second kappa shape index (κ2) is 12.7. The van der Waals surface area contributed by atoms with Gasteiger partial charge in [-0.15, -0.1) is 0 Å². The van der Waals surface area contributed by atoms with Gasteiger partial charge >= 0.3 is 0 Å². The van der Waals surface area contributed by atoms with Crippen LogP contribution < -0.4 is 0 Å². The molecular formula is C30H29ClF2N4O3. The van der Waals surface area contributed by atoms with Gasteiger partial charge in [0, 0.05) is 48.7 Å². The number of ether oxygens (including phenoxy) is 1. The summed E-state index contributed by atoms with van der Waals surface area (Å²) in [5, 5.41) is 6.27. The number of hydrogen-bond acceptors (Lipinski definition) is 5. The van der Waals surface area contributed by atoms with Gasteiger partial charge in [-0.2, -0.15) is 5.10 Å². The van der Waals surface area contributed by atoms with Crippen molar-refractivity contribution in [3.8, 4) is 0 Å². The molecule has 0 spiro atoms. The van der Waals surface area contributed by atoms with Gasteiger partial charge < -0.3 is 9.64 Å². The van der Waals surface area contributed by atoms with Gasteiger partial charge in [-0.3, -0.25) is 14.5 Å². The van der Waals surface area contributed by atoms with Gasteiger partial charge in [-0.25, -0.2) is 13.8 Å². The summed E-state index contributed by atoms with van der Waals surface area (Å²) in [7, 11) is 0. The van der Waals surface area contributed by atoms with E-state index in [1.54, 1.807) is 42.5 Å². The van der Waals surface area contributed by atoms with Crippen molar-refractivity contribution in [1.82, 2.24) is 14.8 Å². The summed E-state index contributed by atoms with van der Waals surface area (Å²) in [6, 6.07) is 18.3. The van der Waals surface area contributed by atoms with Crippen LogP contribution >= 0.6 is 11.6 Å². The third-order valence-corrected chi connectivity index (χ3v) is 7.45.